The maximum absolute atomic E-state index is 13.7. The molecule has 3 aromatic carbocycles. The van der Waals surface area contributed by atoms with Gasteiger partial charge < -0.3 is 14.2 Å². The van der Waals surface area contributed by atoms with Crippen LogP contribution in [-0.4, -0.2) is 42.7 Å². The lowest BCUT2D eigenvalue weighted by molar-refractivity contribution is 0.302. The van der Waals surface area contributed by atoms with Crippen molar-refractivity contribution in [2.75, 3.05) is 37.6 Å². The van der Waals surface area contributed by atoms with E-state index in [1.54, 1.807) is 19.2 Å². The fourth-order valence-corrected chi connectivity index (χ4v) is 4.93. The molecule has 0 aliphatic rings. The normalized spacial score (nSPS) is 12.1. The molecule has 0 radical (unpaired) electrons. The Balaban J connectivity index is 2.01. The maximum atomic E-state index is 13.7. The van der Waals surface area contributed by atoms with Gasteiger partial charge in [-0.3, -0.25) is 0 Å². The Kier molecular flexibility index (Phi) is 8.97. The van der Waals surface area contributed by atoms with E-state index < -0.39 is 11.4 Å². The molecule has 0 fully saturated rings. The van der Waals surface area contributed by atoms with Gasteiger partial charge in [0.05, 0.1) is 19.3 Å². The first kappa shape index (κ1) is 24.1. The van der Waals surface area contributed by atoms with Crippen molar-refractivity contribution in [2.45, 2.75) is 25.2 Å². The lowest BCUT2D eigenvalue weighted by atomic mass is 10.0. The Morgan fingerprint density at radius 1 is 0.906 bits per heavy atom. The third kappa shape index (κ3) is 6.03. The van der Waals surface area contributed by atoms with Crippen molar-refractivity contribution >= 4 is 17.0 Å². The van der Waals surface area contributed by atoms with Crippen LogP contribution in [0.25, 0.3) is 11.1 Å². The lowest BCUT2D eigenvalue weighted by Crippen LogP contribution is -2.35. The molecule has 0 spiro atoms. The van der Waals surface area contributed by atoms with E-state index in [1.165, 1.54) is 12.1 Å². The van der Waals surface area contributed by atoms with Crippen molar-refractivity contribution in [2.24, 2.45) is 0 Å². The summed E-state index contributed by atoms with van der Waals surface area (Å²) in [6.45, 7) is 7.83. The number of halogens is 1. The molecule has 0 aromatic heterocycles. The summed E-state index contributed by atoms with van der Waals surface area (Å²) < 4.78 is 34.6. The molecule has 32 heavy (non-hydrogen) atoms. The Morgan fingerprint density at radius 3 is 2.22 bits per heavy atom. The SMILES string of the molecule is CCN(CC)CCCN(c1ccc(OC)cc1-c1ccc(F)cc1)[S+]([O-])c1ccccc1. The van der Waals surface area contributed by atoms with Gasteiger partial charge in [0.25, 0.3) is 0 Å². The molecule has 6 heteroatoms. The zero-order chi connectivity index (χ0) is 22.9. The predicted octanol–water partition coefficient (Wildman–Crippen LogP) is 5.76. The van der Waals surface area contributed by atoms with Crippen LogP contribution in [0.15, 0.2) is 77.7 Å². The number of methoxy groups -OCH3 is 1. The first-order chi connectivity index (χ1) is 15.6. The molecule has 3 rings (SSSR count). The topological polar surface area (TPSA) is 38.8 Å². The molecule has 0 N–H and O–H groups in total. The molecule has 0 amide bonds. The second-order valence-corrected chi connectivity index (χ2v) is 8.85. The highest BCUT2D eigenvalue weighted by Crippen LogP contribution is 2.37. The second-order valence-electron chi connectivity index (χ2n) is 7.43. The molecule has 0 aliphatic heterocycles. The van der Waals surface area contributed by atoms with Crippen LogP contribution in [0.5, 0.6) is 5.75 Å². The van der Waals surface area contributed by atoms with Crippen LogP contribution in [0, 0.1) is 5.82 Å². The quantitative estimate of drug-likeness (QED) is 0.345. The zero-order valence-corrected chi connectivity index (χ0v) is 19.8. The highest BCUT2D eigenvalue weighted by Gasteiger charge is 2.26. The molecule has 0 saturated heterocycles. The van der Waals surface area contributed by atoms with Crippen LogP contribution < -0.4 is 9.04 Å². The van der Waals surface area contributed by atoms with Crippen molar-refractivity contribution in [3.05, 3.63) is 78.6 Å². The minimum absolute atomic E-state index is 0.290. The van der Waals surface area contributed by atoms with E-state index in [0.717, 1.165) is 47.8 Å². The number of hydrogen-bond donors (Lipinski definition) is 0. The van der Waals surface area contributed by atoms with E-state index in [0.29, 0.717) is 12.3 Å². The predicted molar refractivity (Wildman–Crippen MR) is 131 cm³/mol. The van der Waals surface area contributed by atoms with Crippen molar-refractivity contribution in [3.8, 4) is 16.9 Å². The summed E-state index contributed by atoms with van der Waals surface area (Å²) in [7, 11) is 1.62. The average Bonchev–Trinajstić information content (AvgIpc) is 2.85. The van der Waals surface area contributed by atoms with Crippen LogP contribution in [-0.2, 0) is 11.4 Å². The van der Waals surface area contributed by atoms with Crippen molar-refractivity contribution in [1.29, 1.82) is 0 Å². The molecule has 0 bridgehead atoms. The van der Waals surface area contributed by atoms with Gasteiger partial charge in [0.1, 0.15) is 22.9 Å². The standard InChI is InChI=1S/C26H31FN2O2S/c1-4-28(5-2)18-9-19-29(32(30)24-10-7-6-8-11-24)26-17-16-23(31-3)20-25(26)21-12-14-22(27)15-13-21/h6-8,10-17,20H,4-5,9,18-19H2,1-3H3. The van der Waals surface area contributed by atoms with E-state index in [-0.39, 0.29) is 5.82 Å². The first-order valence-corrected chi connectivity index (χ1v) is 12.1. The summed E-state index contributed by atoms with van der Waals surface area (Å²) in [4.78, 5) is 3.11. The molecular formula is C26H31FN2O2S. The summed E-state index contributed by atoms with van der Waals surface area (Å²) in [6.07, 6.45) is 0.870. The van der Waals surface area contributed by atoms with Gasteiger partial charge in [-0.05, 0) is 74.1 Å². The summed E-state index contributed by atoms with van der Waals surface area (Å²) in [5.41, 5.74) is 2.54. The van der Waals surface area contributed by atoms with Crippen molar-refractivity contribution in [1.82, 2.24) is 4.90 Å². The van der Waals surface area contributed by atoms with E-state index in [1.807, 2.05) is 52.8 Å². The minimum Gasteiger partial charge on any atom is -0.588 e. The van der Waals surface area contributed by atoms with Crippen LogP contribution in [0.1, 0.15) is 20.3 Å². The number of anilines is 1. The smallest absolute Gasteiger partial charge is 0.180 e. The fourth-order valence-electron chi connectivity index (χ4n) is 3.65. The Hall–Kier alpha value is -2.54. The van der Waals surface area contributed by atoms with E-state index in [9.17, 15) is 8.94 Å². The number of ether oxygens (including phenoxy) is 1. The number of rotatable bonds is 11. The average molecular weight is 455 g/mol. The Morgan fingerprint density at radius 2 is 1.59 bits per heavy atom. The van der Waals surface area contributed by atoms with Crippen LogP contribution in [0.4, 0.5) is 10.1 Å². The first-order valence-electron chi connectivity index (χ1n) is 11.0. The van der Waals surface area contributed by atoms with Gasteiger partial charge in [0, 0.05) is 5.56 Å². The maximum Gasteiger partial charge on any atom is 0.180 e. The van der Waals surface area contributed by atoms with E-state index >= 15 is 0 Å². The summed E-state index contributed by atoms with van der Waals surface area (Å²) in [6, 6.07) is 21.6. The van der Waals surface area contributed by atoms with Gasteiger partial charge in [-0.1, -0.05) is 44.2 Å². The van der Waals surface area contributed by atoms with E-state index in [4.69, 9.17) is 4.74 Å². The van der Waals surface area contributed by atoms with E-state index in [2.05, 4.69) is 18.7 Å². The number of nitrogens with zero attached hydrogens (tertiary/aromatic N) is 2. The summed E-state index contributed by atoms with van der Waals surface area (Å²) in [5.74, 6) is 0.406. The van der Waals surface area contributed by atoms with Crippen LogP contribution in [0.3, 0.4) is 0 Å². The lowest BCUT2D eigenvalue weighted by Gasteiger charge is -2.29. The summed E-state index contributed by atoms with van der Waals surface area (Å²) >= 11 is -1.39. The van der Waals surface area contributed by atoms with Gasteiger partial charge in [-0.25, -0.2) is 4.39 Å². The largest absolute Gasteiger partial charge is 0.588 e. The molecule has 4 nitrogen and oxygen atoms in total. The molecule has 0 aliphatic carbocycles. The molecule has 1 atom stereocenters. The molecular weight excluding hydrogens is 423 g/mol. The Labute approximate surface area is 193 Å². The Bertz CT molecular complexity index is 965. The molecule has 3 aromatic rings. The monoisotopic (exact) mass is 454 g/mol. The molecule has 170 valence electrons. The molecule has 1 unspecified atom stereocenters. The third-order valence-corrected chi connectivity index (χ3v) is 6.96. The van der Waals surface area contributed by atoms with Crippen LogP contribution in [0.2, 0.25) is 0 Å². The van der Waals surface area contributed by atoms with Gasteiger partial charge in [-0.15, -0.1) is 0 Å². The molecule has 0 heterocycles. The van der Waals surface area contributed by atoms with Gasteiger partial charge in [-0.2, -0.15) is 4.31 Å². The van der Waals surface area contributed by atoms with Gasteiger partial charge in [0.2, 0.25) is 0 Å². The van der Waals surface area contributed by atoms with Crippen LogP contribution >= 0.6 is 0 Å². The zero-order valence-electron chi connectivity index (χ0n) is 19.0. The van der Waals surface area contributed by atoms with Gasteiger partial charge >= 0.3 is 0 Å². The molecule has 0 saturated carbocycles. The van der Waals surface area contributed by atoms with Crippen molar-refractivity contribution in [3.63, 3.8) is 0 Å². The minimum atomic E-state index is -1.39. The highest BCUT2D eigenvalue weighted by molar-refractivity contribution is 7.92. The fraction of sp³-hybridized carbons (Fsp3) is 0.308. The second kappa shape index (κ2) is 11.9. The number of benzene rings is 3. The number of hydrogen-bond acceptors (Lipinski definition) is 4. The van der Waals surface area contributed by atoms with Gasteiger partial charge in [0.15, 0.2) is 4.90 Å². The summed E-state index contributed by atoms with van der Waals surface area (Å²) in [5, 5.41) is 0. The third-order valence-electron chi connectivity index (χ3n) is 5.50. The van der Waals surface area contributed by atoms with Crippen molar-refractivity contribution < 1.29 is 13.7 Å². The highest BCUT2D eigenvalue weighted by atomic mass is 32.2.